The number of pyridine rings is 1. The summed E-state index contributed by atoms with van der Waals surface area (Å²) in [6.45, 7) is 4.43. The van der Waals surface area contributed by atoms with Gasteiger partial charge in [-0.3, -0.25) is 9.30 Å². The molecule has 0 radical (unpaired) electrons. The standard InChI is InChI=1S/C15H18N4OS/c1-12-6-10-21-13(12)11-17(2)8-9-19-15(20)18-7-4-3-5-14(18)16-19/h3-7,10H,8-9,11H2,1-2H3. The second-order valence-corrected chi connectivity index (χ2v) is 6.20. The monoisotopic (exact) mass is 302 g/mol. The van der Waals surface area contributed by atoms with Crippen LogP contribution in [0.2, 0.25) is 0 Å². The van der Waals surface area contributed by atoms with Gasteiger partial charge in [0.1, 0.15) is 0 Å². The van der Waals surface area contributed by atoms with Gasteiger partial charge >= 0.3 is 5.69 Å². The Morgan fingerprint density at radius 1 is 1.33 bits per heavy atom. The Morgan fingerprint density at radius 2 is 2.19 bits per heavy atom. The lowest BCUT2D eigenvalue weighted by Crippen LogP contribution is -2.28. The van der Waals surface area contributed by atoms with Crippen molar-refractivity contribution >= 4 is 17.0 Å². The van der Waals surface area contributed by atoms with E-state index in [1.165, 1.54) is 15.1 Å². The first-order valence-corrected chi connectivity index (χ1v) is 7.79. The third-order valence-corrected chi connectivity index (χ3v) is 4.57. The highest BCUT2D eigenvalue weighted by Crippen LogP contribution is 2.16. The van der Waals surface area contributed by atoms with Crippen molar-refractivity contribution in [3.8, 4) is 0 Å². The summed E-state index contributed by atoms with van der Waals surface area (Å²) in [6, 6.07) is 7.71. The van der Waals surface area contributed by atoms with Crippen LogP contribution < -0.4 is 5.69 Å². The molecule has 0 aliphatic heterocycles. The molecule has 3 heterocycles. The van der Waals surface area contributed by atoms with Gasteiger partial charge in [0.15, 0.2) is 5.65 Å². The molecule has 0 fully saturated rings. The van der Waals surface area contributed by atoms with E-state index in [9.17, 15) is 4.79 Å². The molecule has 0 N–H and O–H groups in total. The number of likely N-dealkylation sites (N-methyl/N-ethyl adjacent to an activating group) is 1. The molecule has 0 saturated carbocycles. The molecule has 0 aliphatic rings. The van der Waals surface area contributed by atoms with Crippen molar-refractivity contribution in [3.05, 3.63) is 56.8 Å². The molecule has 3 aromatic rings. The van der Waals surface area contributed by atoms with Crippen molar-refractivity contribution in [3.63, 3.8) is 0 Å². The first-order chi connectivity index (χ1) is 10.1. The SMILES string of the molecule is Cc1ccsc1CN(C)CCn1nc2ccccn2c1=O. The summed E-state index contributed by atoms with van der Waals surface area (Å²) in [7, 11) is 2.07. The van der Waals surface area contributed by atoms with Crippen LogP contribution in [0.15, 0.2) is 40.6 Å². The maximum absolute atomic E-state index is 12.2. The summed E-state index contributed by atoms with van der Waals surface area (Å²) < 4.78 is 3.11. The fourth-order valence-corrected chi connectivity index (χ4v) is 3.25. The summed E-state index contributed by atoms with van der Waals surface area (Å²) in [4.78, 5) is 15.8. The van der Waals surface area contributed by atoms with Crippen molar-refractivity contribution in [2.45, 2.75) is 20.0 Å². The van der Waals surface area contributed by atoms with Gasteiger partial charge in [-0.05, 0) is 43.1 Å². The molecule has 110 valence electrons. The van der Waals surface area contributed by atoms with Crippen LogP contribution in [0.1, 0.15) is 10.4 Å². The highest BCUT2D eigenvalue weighted by Gasteiger charge is 2.08. The molecule has 0 atom stereocenters. The molecule has 0 amide bonds. The molecule has 6 heteroatoms. The zero-order valence-electron chi connectivity index (χ0n) is 12.2. The number of hydrogen-bond acceptors (Lipinski definition) is 4. The van der Waals surface area contributed by atoms with E-state index in [1.54, 1.807) is 21.9 Å². The Balaban J connectivity index is 1.67. The van der Waals surface area contributed by atoms with Gasteiger partial charge in [-0.25, -0.2) is 9.48 Å². The summed E-state index contributed by atoms with van der Waals surface area (Å²) in [6.07, 6.45) is 1.75. The van der Waals surface area contributed by atoms with Crippen LogP contribution in [0.25, 0.3) is 5.65 Å². The minimum atomic E-state index is -0.0775. The van der Waals surface area contributed by atoms with Gasteiger partial charge in [-0.15, -0.1) is 16.4 Å². The average Bonchev–Trinajstić information content (AvgIpc) is 3.02. The van der Waals surface area contributed by atoms with Crippen molar-refractivity contribution in [2.75, 3.05) is 13.6 Å². The largest absolute Gasteiger partial charge is 0.350 e. The average molecular weight is 302 g/mol. The third-order valence-electron chi connectivity index (χ3n) is 3.56. The van der Waals surface area contributed by atoms with E-state index in [2.05, 4.69) is 35.4 Å². The fraction of sp³-hybridized carbons (Fsp3) is 0.333. The van der Waals surface area contributed by atoms with Gasteiger partial charge in [0.2, 0.25) is 0 Å². The van der Waals surface area contributed by atoms with Crippen LogP contribution in [0.4, 0.5) is 0 Å². The smallest absolute Gasteiger partial charge is 0.299 e. The number of nitrogens with zero attached hydrogens (tertiary/aromatic N) is 4. The zero-order valence-corrected chi connectivity index (χ0v) is 13.0. The van der Waals surface area contributed by atoms with Gasteiger partial charge in [0.25, 0.3) is 0 Å². The van der Waals surface area contributed by atoms with E-state index in [-0.39, 0.29) is 5.69 Å². The predicted molar refractivity (Wildman–Crippen MR) is 84.8 cm³/mol. The number of aromatic nitrogens is 3. The minimum Gasteiger partial charge on any atom is -0.299 e. The summed E-state index contributed by atoms with van der Waals surface area (Å²) in [5.41, 5.74) is 1.95. The third kappa shape index (κ3) is 2.91. The quantitative estimate of drug-likeness (QED) is 0.724. The summed E-state index contributed by atoms with van der Waals surface area (Å²) in [5.74, 6) is 0. The van der Waals surface area contributed by atoms with Gasteiger partial charge in [-0.1, -0.05) is 6.07 Å². The Bertz CT molecular complexity index is 801. The van der Waals surface area contributed by atoms with Crippen LogP contribution >= 0.6 is 11.3 Å². The van der Waals surface area contributed by atoms with E-state index in [1.807, 2.05) is 18.2 Å². The van der Waals surface area contributed by atoms with E-state index in [0.717, 1.165) is 13.1 Å². The van der Waals surface area contributed by atoms with Crippen LogP contribution in [-0.4, -0.2) is 32.7 Å². The number of hydrogen-bond donors (Lipinski definition) is 0. The lowest BCUT2D eigenvalue weighted by Gasteiger charge is -2.15. The maximum Gasteiger partial charge on any atom is 0.350 e. The van der Waals surface area contributed by atoms with Gasteiger partial charge in [-0.2, -0.15) is 0 Å². The molecule has 21 heavy (non-hydrogen) atoms. The van der Waals surface area contributed by atoms with E-state index >= 15 is 0 Å². The molecule has 0 spiro atoms. The molecule has 5 nitrogen and oxygen atoms in total. The topological polar surface area (TPSA) is 42.5 Å². The first-order valence-electron chi connectivity index (χ1n) is 6.91. The number of rotatable bonds is 5. The first kappa shape index (κ1) is 14.0. The van der Waals surface area contributed by atoms with Crippen molar-refractivity contribution in [2.24, 2.45) is 0 Å². The fourth-order valence-electron chi connectivity index (χ4n) is 2.27. The van der Waals surface area contributed by atoms with Crippen molar-refractivity contribution in [1.82, 2.24) is 19.1 Å². The summed E-state index contributed by atoms with van der Waals surface area (Å²) >= 11 is 1.78. The van der Waals surface area contributed by atoms with Gasteiger partial charge in [0, 0.05) is 24.2 Å². The summed E-state index contributed by atoms with van der Waals surface area (Å²) in [5, 5.41) is 6.46. The lowest BCUT2D eigenvalue weighted by atomic mass is 10.3. The maximum atomic E-state index is 12.2. The molecule has 0 bridgehead atoms. The van der Waals surface area contributed by atoms with Crippen LogP contribution in [0.5, 0.6) is 0 Å². The normalized spacial score (nSPS) is 11.6. The van der Waals surface area contributed by atoms with Crippen LogP contribution in [-0.2, 0) is 13.1 Å². The highest BCUT2D eigenvalue weighted by atomic mass is 32.1. The Kier molecular flexibility index (Phi) is 3.90. The molecule has 3 rings (SSSR count). The van der Waals surface area contributed by atoms with E-state index in [4.69, 9.17) is 0 Å². The zero-order chi connectivity index (χ0) is 14.8. The predicted octanol–water partition coefficient (Wildman–Crippen LogP) is 2.00. The Morgan fingerprint density at radius 3 is 2.90 bits per heavy atom. The molecule has 0 aliphatic carbocycles. The second-order valence-electron chi connectivity index (χ2n) is 5.20. The van der Waals surface area contributed by atoms with Crippen LogP contribution in [0, 0.1) is 6.92 Å². The molecular weight excluding hydrogens is 284 g/mol. The Labute approximate surface area is 127 Å². The van der Waals surface area contributed by atoms with Crippen molar-refractivity contribution < 1.29 is 0 Å². The highest BCUT2D eigenvalue weighted by molar-refractivity contribution is 7.10. The number of aryl methyl sites for hydroxylation is 1. The van der Waals surface area contributed by atoms with Gasteiger partial charge < -0.3 is 0 Å². The molecule has 0 unspecified atom stereocenters. The molecule has 0 saturated heterocycles. The van der Waals surface area contributed by atoms with Crippen molar-refractivity contribution in [1.29, 1.82) is 0 Å². The number of fused-ring (bicyclic) bond motifs is 1. The molecular formula is C15H18N4OS. The molecule has 0 aromatic carbocycles. The molecule has 3 aromatic heterocycles. The Hall–Kier alpha value is -1.92. The number of thiophene rings is 1. The minimum absolute atomic E-state index is 0.0775. The van der Waals surface area contributed by atoms with Gasteiger partial charge in [0.05, 0.1) is 6.54 Å². The lowest BCUT2D eigenvalue weighted by molar-refractivity contribution is 0.305. The second kappa shape index (κ2) is 5.83. The van der Waals surface area contributed by atoms with E-state index < -0.39 is 0 Å². The van der Waals surface area contributed by atoms with Crippen LogP contribution in [0.3, 0.4) is 0 Å². The van der Waals surface area contributed by atoms with E-state index in [0.29, 0.717) is 12.2 Å².